The summed E-state index contributed by atoms with van der Waals surface area (Å²) in [4.78, 5) is 2.94. The van der Waals surface area contributed by atoms with Gasteiger partial charge >= 0.3 is 0 Å². The Morgan fingerprint density at radius 1 is 0.950 bits per heavy atom. The van der Waals surface area contributed by atoms with Crippen LogP contribution in [0, 0.1) is 11.8 Å². The average molecular weight is 278 g/mol. The number of fused-ring (bicyclic) bond motifs is 2. The second kappa shape index (κ2) is 6.79. The zero-order valence-electron chi connectivity index (χ0n) is 13.6. The van der Waals surface area contributed by atoms with Crippen LogP contribution in [0.4, 0.5) is 0 Å². The Bertz CT molecular complexity index is 282. The molecule has 0 spiro atoms. The topological polar surface area (TPSA) is 15.3 Å². The summed E-state index contributed by atoms with van der Waals surface area (Å²) in [5, 5.41) is 3.72. The third kappa shape index (κ3) is 3.39. The molecule has 2 nitrogen and oxygen atoms in total. The zero-order chi connectivity index (χ0) is 13.9. The van der Waals surface area contributed by atoms with Crippen LogP contribution in [0.15, 0.2) is 0 Å². The van der Waals surface area contributed by atoms with Crippen molar-refractivity contribution in [1.29, 1.82) is 0 Å². The zero-order valence-corrected chi connectivity index (χ0v) is 13.6. The molecule has 2 atom stereocenters. The van der Waals surface area contributed by atoms with E-state index in [9.17, 15) is 0 Å². The van der Waals surface area contributed by atoms with Crippen molar-refractivity contribution in [3.8, 4) is 0 Å². The molecule has 116 valence electrons. The lowest BCUT2D eigenvalue weighted by Gasteiger charge is -2.50. The van der Waals surface area contributed by atoms with E-state index in [1.165, 1.54) is 64.3 Å². The molecule has 3 aliphatic rings. The monoisotopic (exact) mass is 278 g/mol. The molecule has 3 fully saturated rings. The van der Waals surface area contributed by atoms with Crippen molar-refractivity contribution >= 4 is 0 Å². The van der Waals surface area contributed by atoms with Gasteiger partial charge in [-0.05, 0) is 56.9 Å². The molecule has 0 aromatic rings. The molecule has 2 aliphatic heterocycles. The van der Waals surface area contributed by atoms with Crippen LogP contribution in [-0.4, -0.2) is 36.1 Å². The molecule has 2 saturated heterocycles. The van der Waals surface area contributed by atoms with Gasteiger partial charge in [0.2, 0.25) is 0 Å². The molecule has 1 aliphatic carbocycles. The highest BCUT2D eigenvalue weighted by atomic mass is 15.2. The van der Waals surface area contributed by atoms with E-state index in [0.717, 1.165) is 36.5 Å². The van der Waals surface area contributed by atoms with E-state index in [1.54, 1.807) is 0 Å². The molecule has 1 N–H and O–H groups in total. The van der Waals surface area contributed by atoms with Gasteiger partial charge in [-0.3, -0.25) is 4.90 Å². The van der Waals surface area contributed by atoms with Crippen molar-refractivity contribution in [3.05, 3.63) is 0 Å². The molecule has 2 heteroatoms. The quantitative estimate of drug-likeness (QED) is 0.841. The molecule has 0 radical (unpaired) electrons. The first-order valence-corrected chi connectivity index (χ1v) is 9.25. The van der Waals surface area contributed by atoms with E-state index >= 15 is 0 Å². The van der Waals surface area contributed by atoms with E-state index in [2.05, 4.69) is 24.1 Å². The molecular formula is C18H34N2. The van der Waals surface area contributed by atoms with Crippen LogP contribution in [0.3, 0.4) is 0 Å². The van der Waals surface area contributed by atoms with Gasteiger partial charge in [0.1, 0.15) is 0 Å². The van der Waals surface area contributed by atoms with Crippen molar-refractivity contribution in [2.45, 2.75) is 89.8 Å². The summed E-state index contributed by atoms with van der Waals surface area (Å²) in [5.41, 5.74) is 0. The molecule has 0 amide bonds. The van der Waals surface area contributed by atoms with Gasteiger partial charge in [-0.2, -0.15) is 0 Å². The summed E-state index contributed by atoms with van der Waals surface area (Å²) in [5.74, 6) is 2.00. The molecule has 2 heterocycles. The van der Waals surface area contributed by atoms with Gasteiger partial charge in [-0.15, -0.1) is 0 Å². The fraction of sp³-hybridized carbons (Fsp3) is 1.00. The van der Waals surface area contributed by atoms with Crippen LogP contribution in [0.2, 0.25) is 0 Å². The van der Waals surface area contributed by atoms with Gasteiger partial charge in [0.25, 0.3) is 0 Å². The number of piperidine rings is 2. The Balaban J connectivity index is 1.56. The van der Waals surface area contributed by atoms with Crippen LogP contribution >= 0.6 is 0 Å². The first-order chi connectivity index (χ1) is 9.76. The second-order valence-corrected chi connectivity index (χ2v) is 7.79. The maximum absolute atomic E-state index is 3.72. The molecule has 3 rings (SSSR count). The van der Waals surface area contributed by atoms with Gasteiger partial charge in [-0.1, -0.05) is 33.1 Å². The molecule has 0 aromatic heterocycles. The van der Waals surface area contributed by atoms with Gasteiger partial charge in [0, 0.05) is 24.7 Å². The predicted molar refractivity (Wildman–Crippen MR) is 86.0 cm³/mol. The summed E-state index contributed by atoms with van der Waals surface area (Å²) in [6.07, 6.45) is 13.2. The highest BCUT2D eigenvalue weighted by Gasteiger charge is 2.38. The van der Waals surface area contributed by atoms with Crippen molar-refractivity contribution in [2.24, 2.45) is 11.8 Å². The number of nitrogens with one attached hydrogen (secondary N) is 1. The third-order valence-electron chi connectivity index (χ3n) is 6.22. The van der Waals surface area contributed by atoms with Crippen molar-refractivity contribution in [3.63, 3.8) is 0 Å². The second-order valence-electron chi connectivity index (χ2n) is 7.79. The van der Waals surface area contributed by atoms with Crippen LogP contribution < -0.4 is 5.32 Å². The highest BCUT2D eigenvalue weighted by Crippen LogP contribution is 2.37. The molecular weight excluding hydrogens is 244 g/mol. The minimum absolute atomic E-state index is 0.804. The Labute approximate surface area is 125 Å². The lowest BCUT2D eigenvalue weighted by molar-refractivity contribution is 0.00654. The van der Waals surface area contributed by atoms with Crippen molar-refractivity contribution in [1.82, 2.24) is 10.2 Å². The van der Waals surface area contributed by atoms with E-state index in [4.69, 9.17) is 0 Å². The third-order valence-corrected chi connectivity index (χ3v) is 6.22. The molecule has 0 aromatic carbocycles. The Morgan fingerprint density at radius 3 is 2.20 bits per heavy atom. The number of hydrogen-bond donors (Lipinski definition) is 1. The van der Waals surface area contributed by atoms with E-state index < -0.39 is 0 Å². The summed E-state index contributed by atoms with van der Waals surface area (Å²) >= 11 is 0. The summed E-state index contributed by atoms with van der Waals surface area (Å²) in [6, 6.07) is 2.59. The van der Waals surface area contributed by atoms with Crippen LogP contribution in [0.5, 0.6) is 0 Å². The maximum Gasteiger partial charge on any atom is 0.0113 e. The Morgan fingerprint density at radius 2 is 1.60 bits per heavy atom. The number of nitrogens with zero attached hydrogens (tertiary/aromatic N) is 1. The maximum atomic E-state index is 3.72. The number of hydrogen-bond acceptors (Lipinski definition) is 2. The summed E-state index contributed by atoms with van der Waals surface area (Å²) in [7, 11) is 0. The minimum Gasteiger partial charge on any atom is -0.314 e. The van der Waals surface area contributed by atoms with E-state index in [-0.39, 0.29) is 0 Å². The van der Waals surface area contributed by atoms with Crippen LogP contribution in [0.1, 0.15) is 71.6 Å². The molecule has 1 saturated carbocycles. The van der Waals surface area contributed by atoms with Crippen LogP contribution in [-0.2, 0) is 0 Å². The SMILES string of the molecule is CCNC1CC2CCCC(C1)N2CC1CCC(C)CC1. The first-order valence-electron chi connectivity index (χ1n) is 9.25. The molecule has 2 unspecified atom stereocenters. The standard InChI is InChI=1S/C18H34N2/c1-3-19-16-11-17-5-4-6-18(12-16)20(17)13-15-9-7-14(2)8-10-15/h14-19H,3-13H2,1-2H3. The van der Waals surface area contributed by atoms with E-state index in [1.807, 2.05) is 0 Å². The average Bonchev–Trinajstić information content (AvgIpc) is 2.42. The van der Waals surface area contributed by atoms with Gasteiger partial charge in [0.15, 0.2) is 0 Å². The summed E-state index contributed by atoms with van der Waals surface area (Å²) in [6.45, 7) is 7.25. The Kier molecular flexibility index (Phi) is 5.04. The van der Waals surface area contributed by atoms with E-state index in [0.29, 0.717) is 0 Å². The fourth-order valence-electron chi connectivity index (χ4n) is 5.04. The first kappa shape index (κ1) is 14.8. The lowest BCUT2D eigenvalue weighted by atomic mass is 9.78. The predicted octanol–water partition coefficient (Wildman–Crippen LogP) is 3.81. The van der Waals surface area contributed by atoms with Crippen molar-refractivity contribution < 1.29 is 0 Å². The Hall–Kier alpha value is -0.0800. The molecule has 2 bridgehead atoms. The fourth-order valence-corrected chi connectivity index (χ4v) is 5.04. The minimum atomic E-state index is 0.804. The molecule has 20 heavy (non-hydrogen) atoms. The largest absolute Gasteiger partial charge is 0.314 e. The summed E-state index contributed by atoms with van der Waals surface area (Å²) < 4.78 is 0. The van der Waals surface area contributed by atoms with Crippen LogP contribution in [0.25, 0.3) is 0 Å². The lowest BCUT2D eigenvalue weighted by Crippen LogP contribution is -2.57. The van der Waals surface area contributed by atoms with Gasteiger partial charge in [-0.25, -0.2) is 0 Å². The van der Waals surface area contributed by atoms with Crippen molar-refractivity contribution in [2.75, 3.05) is 13.1 Å². The van der Waals surface area contributed by atoms with Gasteiger partial charge in [0.05, 0.1) is 0 Å². The normalized spacial score (nSPS) is 42.6. The number of rotatable bonds is 4. The smallest absolute Gasteiger partial charge is 0.0113 e. The van der Waals surface area contributed by atoms with Gasteiger partial charge < -0.3 is 5.32 Å². The highest BCUT2D eigenvalue weighted by molar-refractivity contribution is 4.95.